The number of hydrogen-bond donors (Lipinski definition) is 1. The van der Waals surface area contributed by atoms with E-state index in [-0.39, 0.29) is 5.41 Å². The van der Waals surface area contributed by atoms with Gasteiger partial charge in [-0.1, -0.05) is 32.1 Å². The summed E-state index contributed by atoms with van der Waals surface area (Å²) < 4.78 is 0. The van der Waals surface area contributed by atoms with Crippen LogP contribution >= 0.6 is 23.1 Å². The maximum atomic E-state index is 11.3. The molecule has 6 heteroatoms. The molecule has 0 spiro atoms. The summed E-state index contributed by atoms with van der Waals surface area (Å²) >= 11 is 3.04. The van der Waals surface area contributed by atoms with Crippen LogP contribution in [0.1, 0.15) is 43.1 Å². The van der Waals surface area contributed by atoms with Gasteiger partial charge in [-0.25, -0.2) is 9.78 Å². The molecule has 1 N–H and O–H groups in total. The van der Waals surface area contributed by atoms with Crippen LogP contribution in [0.15, 0.2) is 0 Å². The molecule has 1 heterocycles. The van der Waals surface area contributed by atoms with Gasteiger partial charge in [0.2, 0.25) is 0 Å². The molecule has 0 saturated carbocycles. The highest BCUT2D eigenvalue weighted by Gasteiger charge is 2.28. The molecule has 1 atom stereocenters. The molecule has 0 radical (unpaired) electrons. The van der Waals surface area contributed by atoms with Crippen molar-refractivity contribution in [3.05, 3.63) is 10.6 Å². The van der Waals surface area contributed by atoms with Crippen molar-refractivity contribution in [2.75, 3.05) is 24.0 Å². The van der Waals surface area contributed by atoms with Gasteiger partial charge < -0.3 is 10.0 Å². The van der Waals surface area contributed by atoms with Crippen LogP contribution in [0.5, 0.6) is 0 Å². The number of carboxylic acids is 1. The Morgan fingerprint density at radius 2 is 2.11 bits per heavy atom. The summed E-state index contributed by atoms with van der Waals surface area (Å²) in [5.74, 6) is 0.100. The minimum atomic E-state index is -0.889. The largest absolute Gasteiger partial charge is 0.477 e. The van der Waals surface area contributed by atoms with Crippen molar-refractivity contribution in [3.8, 4) is 0 Å². The second-order valence-corrected chi connectivity index (χ2v) is 7.53. The SMILES string of the molecule is CSCC(C)N(C)c1nc(C(C)(C)C)c(C(=O)O)s1. The van der Waals surface area contributed by atoms with E-state index in [1.165, 1.54) is 11.3 Å². The molecule has 0 aliphatic heterocycles. The molecule has 0 amide bonds. The molecule has 0 aliphatic carbocycles. The lowest BCUT2D eigenvalue weighted by Gasteiger charge is -2.23. The molecular formula is C13H22N2O2S2. The number of anilines is 1. The van der Waals surface area contributed by atoms with E-state index in [9.17, 15) is 9.90 Å². The van der Waals surface area contributed by atoms with E-state index in [1.54, 1.807) is 11.8 Å². The zero-order chi connectivity index (χ0) is 14.8. The van der Waals surface area contributed by atoms with E-state index < -0.39 is 5.97 Å². The highest BCUT2D eigenvalue weighted by molar-refractivity contribution is 7.98. The molecule has 1 unspecified atom stereocenters. The van der Waals surface area contributed by atoms with Crippen LogP contribution in [0.4, 0.5) is 5.13 Å². The predicted octanol–water partition coefficient (Wildman–Crippen LogP) is 3.33. The van der Waals surface area contributed by atoms with Crippen molar-refractivity contribution in [1.29, 1.82) is 0 Å². The van der Waals surface area contributed by atoms with Crippen molar-refractivity contribution in [2.24, 2.45) is 0 Å². The van der Waals surface area contributed by atoms with Crippen LogP contribution in [0.2, 0.25) is 0 Å². The first-order valence-corrected chi connectivity index (χ1v) is 8.36. The number of aromatic nitrogens is 1. The third-order valence-corrected chi connectivity index (χ3v) is 4.84. The van der Waals surface area contributed by atoms with Crippen molar-refractivity contribution in [3.63, 3.8) is 0 Å². The van der Waals surface area contributed by atoms with E-state index in [1.807, 2.05) is 27.8 Å². The van der Waals surface area contributed by atoms with Gasteiger partial charge in [-0.05, 0) is 13.2 Å². The Kier molecular flexibility index (Phi) is 5.26. The third-order valence-electron chi connectivity index (χ3n) is 2.89. The number of thiazole rings is 1. The normalized spacial score (nSPS) is 13.4. The lowest BCUT2D eigenvalue weighted by molar-refractivity contribution is 0.0699. The second-order valence-electron chi connectivity index (χ2n) is 5.64. The van der Waals surface area contributed by atoms with Crippen LogP contribution < -0.4 is 4.90 Å². The molecule has 0 saturated heterocycles. The van der Waals surface area contributed by atoms with Crippen molar-refractivity contribution in [1.82, 2.24) is 4.98 Å². The average Bonchev–Trinajstić information content (AvgIpc) is 2.72. The minimum Gasteiger partial charge on any atom is -0.477 e. The van der Waals surface area contributed by atoms with Gasteiger partial charge in [0.15, 0.2) is 5.13 Å². The summed E-state index contributed by atoms with van der Waals surface area (Å²) in [6.45, 7) is 8.09. The molecule has 1 rings (SSSR count). The van der Waals surface area contributed by atoms with Crippen molar-refractivity contribution >= 4 is 34.2 Å². The topological polar surface area (TPSA) is 53.4 Å². The summed E-state index contributed by atoms with van der Waals surface area (Å²) in [5.41, 5.74) is 0.412. The summed E-state index contributed by atoms with van der Waals surface area (Å²) in [6.07, 6.45) is 2.06. The Balaban J connectivity index is 3.15. The lowest BCUT2D eigenvalue weighted by atomic mass is 9.91. The number of thioether (sulfide) groups is 1. The molecule has 4 nitrogen and oxygen atoms in total. The zero-order valence-electron chi connectivity index (χ0n) is 12.4. The number of nitrogens with zero attached hydrogens (tertiary/aromatic N) is 2. The van der Waals surface area contributed by atoms with Gasteiger partial charge in [-0.3, -0.25) is 0 Å². The molecule has 0 aliphatic rings. The van der Waals surface area contributed by atoms with E-state index in [2.05, 4.69) is 23.1 Å². The Morgan fingerprint density at radius 1 is 1.53 bits per heavy atom. The summed E-state index contributed by atoms with van der Waals surface area (Å²) in [5, 5.41) is 10.1. The highest BCUT2D eigenvalue weighted by Crippen LogP contribution is 2.34. The summed E-state index contributed by atoms with van der Waals surface area (Å²) in [6, 6.07) is 0.329. The van der Waals surface area contributed by atoms with E-state index >= 15 is 0 Å². The molecule has 1 aromatic rings. The van der Waals surface area contributed by atoms with Gasteiger partial charge in [0.25, 0.3) is 0 Å². The number of rotatable bonds is 5. The Labute approximate surface area is 123 Å². The molecule has 0 bridgehead atoms. The van der Waals surface area contributed by atoms with Crippen molar-refractivity contribution < 1.29 is 9.90 Å². The van der Waals surface area contributed by atoms with Gasteiger partial charge in [0.05, 0.1) is 5.69 Å². The fourth-order valence-corrected chi connectivity index (χ4v) is 3.54. The van der Waals surface area contributed by atoms with Crippen LogP contribution in [0.25, 0.3) is 0 Å². The van der Waals surface area contributed by atoms with Gasteiger partial charge >= 0.3 is 5.97 Å². The lowest BCUT2D eigenvalue weighted by Crippen LogP contribution is -2.30. The number of hydrogen-bond acceptors (Lipinski definition) is 5. The quantitative estimate of drug-likeness (QED) is 0.904. The van der Waals surface area contributed by atoms with E-state index in [0.717, 1.165) is 10.9 Å². The third kappa shape index (κ3) is 3.86. The van der Waals surface area contributed by atoms with Crippen LogP contribution in [0, 0.1) is 0 Å². The summed E-state index contributed by atoms with van der Waals surface area (Å²) in [7, 11) is 1.97. The van der Waals surface area contributed by atoms with Crippen molar-refractivity contribution in [2.45, 2.75) is 39.2 Å². The Hall–Kier alpha value is -0.750. The number of aromatic carboxylic acids is 1. The number of carboxylic acid groups (broad SMARTS) is 1. The van der Waals surface area contributed by atoms with Gasteiger partial charge in [-0.2, -0.15) is 11.8 Å². The molecule has 0 aromatic carbocycles. The van der Waals surface area contributed by atoms with Crippen LogP contribution in [-0.4, -0.2) is 41.2 Å². The van der Waals surface area contributed by atoms with Gasteiger partial charge in [0.1, 0.15) is 4.88 Å². The maximum absolute atomic E-state index is 11.3. The highest BCUT2D eigenvalue weighted by atomic mass is 32.2. The fourth-order valence-electron chi connectivity index (χ4n) is 1.65. The molecule has 0 fully saturated rings. The second kappa shape index (κ2) is 6.13. The monoisotopic (exact) mass is 302 g/mol. The van der Waals surface area contributed by atoms with Crippen LogP contribution in [0.3, 0.4) is 0 Å². The molecule has 1 aromatic heterocycles. The van der Waals surface area contributed by atoms with E-state index in [0.29, 0.717) is 16.6 Å². The number of carbonyl (C=O) groups is 1. The van der Waals surface area contributed by atoms with Crippen LogP contribution in [-0.2, 0) is 5.41 Å². The molecule has 19 heavy (non-hydrogen) atoms. The first-order valence-electron chi connectivity index (χ1n) is 6.14. The molecular weight excluding hydrogens is 280 g/mol. The Bertz CT molecular complexity index is 452. The van der Waals surface area contributed by atoms with E-state index in [4.69, 9.17) is 0 Å². The predicted molar refractivity (Wildman–Crippen MR) is 84.0 cm³/mol. The maximum Gasteiger partial charge on any atom is 0.347 e. The first kappa shape index (κ1) is 16.3. The first-order chi connectivity index (χ1) is 8.68. The molecule has 108 valence electrons. The average molecular weight is 302 g/mol. The van der Waals surface area contributed by atoms with Gasteiger partial charge in [-0.15, -0.1) is 0 Å². The summed E-state index contributed by atoms with van der Waals surface area (Å²) in [4.78, 5) is 18.3. The zero-order valence-corrected chi connectivity index (χ0v) is 14.0. The smallest absolute Gasteiger partial charge is 0.347 e. The standard InChI is InChI=1S/C13H22N2O2S2/c1-8(7-18-6)15(5)12-14-10(13(2,3)4)9(19-12)11(16)17/h8H,7H2,1-6H3,(H,16,17). The van der Waals surface area contributed by atoms with Gasteiger partial charge in [0, 0.05) is 24.3 Å². The Morgan fingerprint density at radius 3 is 2.47 bits per heavy atom. The fraction of sp³-hybridized carbons (Fsp3) is 0.692. The minimum absolute atomic E-state index is 0.258.